The van der Waals surface area contributed by atoms with E-state index >= 15 is 0 Å². The lowest BCUT2D eigenvalue weighted by atomic mass is 9.91. The summed E-state index contributed by atoms with van der Waals surface area (Å²) in [5, 5.41) is 9.22. The highest BCUT2D eigenvalue weighted by Crippen LogP contribution is 2.36. The maximum atomic E-state index is 12.6. The molecule has 2 unspecified atom stereocenters. The Morgan fingerprint density at radius 2 is 1.87 bits per heavy atom. The van der Waals surface area contributed by atoms with Crippen LogP contribution in [0, 0.1) is 0 Å². The number of guanidine groups is 1. The van der Waals surface area contributed by atoms with E-state index in [0.717, 1.165) is 38.2 Å². The molecule has 0 radical (unpaired) electrons. The van der Waals surface area contributed by atoms with Crippen molar-refractivity contribution in [3.63, 3.8) is 0 Å². The molecule has 0 saturated carbocycles. The van der Waals surface area contributed by atoms with Gasteiger partial charge in [-0.25, -0.2) is 4.79 Å². The molecule has 2 bridgehead atoms. The molecule has 2 saturated heterocycles. The highest BCUT2D eigenvalue weighted by atomic mass is 127. The largest absolute Gasteiger partial charge is 0.444 e. The molecule has 0 spiro atoms. The van der Waals surface area contributed by atoms with Gasteiger partial charge in [0.05, 0.1) is 0 Å². The first-order valence-electron chi connectivity index (χ1n) is 10.6. The van der Waals surface area contributed by atoms with E-state index in [1.54, 1.807) is 11.3 Å². The number of carbonyl (C=O) groups excluding carboxylic acids is 1. The van der Waals surface area contributed by atoms with Crippen LogP contribution < -0.4 is 10.6 Å². The Hall–Kier alpha value is -1.03. The third-order valence-corrected chi connectivity index (χ3v) is 7.02. The smallest absolute Gasteiger partial charge is 0.410 e. The number of nitrogens with one attached hydrogen (secondary N) is 2. The van der Waals surface area contributed by atoms with Crippen LogP contribution in [0.2, 0.25) is 0 Å². The topological polar surface area (TPSA) is 66.0 Å². The molecular formula is C22H37IN4O2S. The van der Waals surface area contributed by atoms with E-state index in [0.29, 0.717) is 6.04 Å². The zero-order valence-corrected chi connectivity index (χ0v) is 22.2. The normalized spacial score (nSPS) is 24.3. The number of hydrogen-bond acceptors (Lipinski definition) is 4. The Bertz CT molecular complexity index is 716. The van der Waals surface area contributed by atoms with Crippen LogP contribution in [0.25, 0.3) is 0 Å². The highest BCUT2D eigenvalue weighted by molar-refractivity contribution is 14.0. The summed E-state index contributed by atoms with van der Waals surface area (Å²) in [5.41, 5.74) is -0.405. The van der Waals surface area contributed by atoms with Gasteiger partial charge in [-0.2, -0.15) is 0 Å². The number of thiophene rings is 1. The predicted octanol–water partition coefficient (Wildman–Crippen LogP) is 4.74. The second-order valence-corrected chi connectivity index (χ2v) is 10.8. The van der Waals surface area contributed by atoms with E-state index in [9.17, 15) is 4.79 Å². The number of aliphatic imine (C=N–C) groups is 1. The standard InChI is InChI=1S/C22H36N4O2S.HI/c1-21(2,3)28-20(27)26-16-9-10-17(26)13-15(12-16)25-19(23-6)24-14-22(4,5)18-8-7-11-29-18;/h7-8,11,15-17H,9-10,12-14H2,1-6H3,(H2,23,24,25);1H. The molecule has 170 valence electrons. The van der Waals surface area contributed by atoms with Gasteiger partial charge in [-0.05, 0) is 57.9 Å². The van der Waals surface area contributed by atoms with E-state index in [-0.39, 0.29) is 47.6 Å². The number of hydrogen-bond donors (Lipinski definition) is 2. The third-order valence-electron chi connectivity index (χ3n) is 5.79. The van der Waals surface area contributed by atoms with Crippen molar-refractivity contribution in [3.8, 4) is 0 Å². The van der Waals surface area contributed by atoms with Gasteiger partial charge in [0.15, 0.2) is 5.96 Å². The Balaban J connectivity index is 0.00000320. The summed E-state index contributed by atoms with van der Waals surface area (Å²) in [7, 11) is 1.82. The van der Waals surface area contributed by atoms with Crippen LogP contribution in [0.15, 0.2) is 22.5 Å². The number of nitrogens with zero attached hydrogens (tertiary/aromatic N) is 2. The number of fused-ring (bicyclic) bond motifs is 2. The second kappa shape index (κ2) is 10.1. The summed E-state index contributed by atoms with van der Waals surface area (Å²) < 4.78 is 5.64. The lowest BCUT2D eigenvalue weighted by molar-refractivity contribution is 0.00544. The molecule has 1 amide bonds. The molecule has 3 heterocycles. The molecule has 2 atom stereocenters. The summed E-state index contributed by atoms with van der Waals surface area (Å²) in [4.78, 5) is 20.4. The van der Waals surface area contributed by atoms with Crippen molar-refractivity contribution < 1.29 is 9.53 Å². The van der Waals surface area contributed by atoms with Crippen LogP contribution in [0.3, 0.4) is 0 Å². The molecule has 2 fully saturated rings. The minimum absolute atomic E-state index is 0. The highest BCUT2D eigenvalue weighted by Gasteiger charge is 2.45. The maximum Gasteiger partial charge on any atom is 0.410 e. The van der Waals surface area contributed by atoms with Gasteiger partial charge in [0.25, 0.3) is 0 Å². The predicted molar refractivity (Wildman–Crippen MR) is 135 cm³/mol. The van der Waals surface area contributed by atoms with Crippen LogP contribution in [0.5, 0.6) is 0 Å². The maximum absolute atomic E-state index is 12.6. The van der Waals surface area contributed by atoms with Crippen LogP contribution in [0.1, 0.15) is 65.2 Å². The Morgan fingerprint density at radius 3 is 2.37 bits per heavy atom. The summed E-state index contributed by atoms with van der Waals surface area (Å²) in [5.74, 6) is 0.838. The summed E-state index contributed by atoms with van der Waals surface area (Å²) in [6.07, 6.45) is 3.82. The summed E-state index contributed by atoms with van der Waals surface area (Å²) in [6, 6.07) is 5.11. The van der Waals surface area contributed by atoms with Gasteiger partial charge in [-0.15, -0.1) is 35.3 Å². The SMILES string of the molecule is CN=C(NCC(C)(C)c1cccs1)NC1CC2CCC(C1)N2C(=O)OC(C)(C)C.I. The second-order valence-electron chi connectivity index (χ2n) is 9.87. The number of rotatable bonds is 4. The van der Waals surface area contributed by atoms with E-state index < -0.39 is 5.60 Å². The third kappa shape index (κ3) is 6.24. The van der Waals surface area contributed by atoms with Crippen molar-refractivity contribution in [2.45, 2.75) is 89.4 Å². The Labute approximate surface area is 202 Å². The minimum atomic E-state index is -0.451. The van der Waals surface area contributed by atoms with Crippen molar-refractivity contribution >= 4 is 47.4 Å². The average Bonchev–Trinajstić information content (AvgIpc) is 3.25. The molecule has 2 N–H and O–H groups in total. The van der Waals surface area contributed by atoms with Crippen molar-refractivity contribution in [2.75, 3.05) is 13.6 Å². The summed E-state index contributed by atoms with van der Waals surface area (Å²) >= 11 is 1.79. The molecule has 1 aromatic rings. The average molecular weight is 549 g/mol. The van der Waals surface area contributed by atoms with Crippen LogP contribution in [0.4, 0.5) is 4.79 Å². The van der Waals surface area contributed by atoms with E-state index in [2.05, 4.69) is 47.0 Å². The van der Waals surface area contributed by atoms with Crippen LogP contribution >= 0.6 is 35.3 Å². The van der Waals surface area contributed by atoms with Gasteiger partial charge in [0, 0.05) is 42.0 Å². The molecular weight excluding hydrogens is 511 g/mol. The summed E-state index contributed by atoms with van der Waals surface area (Å²) in [6.45, 7) is 11.1. The Morgan fingerprint density at radius 1 is 1.23 bits per heavy atom. The molecule has 8 heteroatoms. The van der Waals surface area contributed by atoms with Gasteiger partial charge in [-0.1, -0.05) is 19.9 Å². The van der Waals surface area contributed by atoms with Gasteiger partial charge in [0.2, 0.25) is 0 Å². The number of amides is 1. The molecule has 3 rings (SSSR count). The monoisotopic (exact) mass is 548 g/mol. The minimum Gasteiger partial charge on any atom is -0.444 e. The van der Waals surface area contributed by atoms with Gasteiger partial charge in [-0.3, -0.25) is 4.99 Å². The zero-order chi connectivity index (χ0) is 21.2. The van der Waals surface area contributed by atoms with Crippen LogP contribution in [-0.4, -0.2) is 54.3 Å². The number of carbonyl (C=O) groups is 1. The van der Waals surface area contributed by atoms with Crippen molar-refractivity contribution in [1.29, 1.82) is 0 Å². The number of piperidine rings is 1. The fourth-order valence-electron chi connectivity index (χ4n) is 4.35. The lowest BCUT2D eigenvalue weighted by Crippen LogP contribution is -2.55. The lowest BCUT2D eigenvalue weighted by Gasteiger charge is -2.40. The van der Waals surface area contributed by atoms with E-state index in [1.807, 2.05) is 32.7 Å². The van der Waals surface area contributed by atoms with E-state index in [1.165, 1.54) is 4.88 Å². The first-order chi connectivity index (χ1) is 13.6. The molecule has 0 aromatic carbocycles. The zero-order valence-electron chi connectivity index (χ0n) is 19.0. The van der Waals surface area contributed by atoms with E-state index in [4.69, 9.17) is 4.74 Å². The van der Waals surface area contributed by atoms with Gasteiger partial charge < -0.3 is 20.3 Å². The van der Waals surface area contributed by atoms with Crippen molar-refractivity contribution in [1.82, 2.24) is 15.5 Å². The molecule has 1 aromatic heterocycles. The first kappa shape index (κ1) is 25.2. The molecule has 0 aliphatic carbocycles. The Kier molecular flexibility index (Phi) is 8.46. The van der Waals surface area contributed by atoms with Crippen molar-refractivity contribution in [2.24, 2.45) is 4.99 Å². The fraction of sp³-hybridized carbons (Fsp3) is 0.727. The number of ether oxygens (including phenoxy) is 1. The fourth-order valence-corrected chi connectivity index (χ4v) is 5.20. The molecule has 2 aliphatic rings. The first-order valence-corrected chi connectivity index (χ1v) is 11.5. The molecule has 2 aliphatic heterocycles. The van der Waals surface area contributed by atoms with Crippen molar-refractivity contribution in [3.05, 3.63) is 22.4 Å². The quantitative estimate of drug-likeness (QED) is 0.324. The molecule has 30 heavy (non-hydrogen) atoms. The van der Waals surface area contributed by atoms with Crippen LogP contribution in [-0.2, 0) is 10.2 Å². The number of halogens is 1. The van der Waals surface area contributed by atoms with Gasteiger partial charge >= 0.3 is 6.09 Å². The van der Waals surface area contributed by atoms with Gasteiger partial charge in [0.1, 0.15) is 5.60 Å². The molecule has 6 nitrogen and oxygen atoms in total.